The van der Waals surface area contributed by atoms with E-state index in [1.165, 1.54) is 42.4 Å². The number of carbonyl (C=O) groups is 1. The Kier molecular flexibility index (Phi) is 4.85. The van der Waals surface area contributed by atoms with Gasteiger partial charge in [-0.1, -0.05) is 0 Å². The van der Waals surface area contributed by atoms with Crippen LogP contribution in [0.25, 0.3) is 16.6 Å². The van der Waals surface area contributed by atoms with Gasteiger partial charge in [0.2, 0.25) is 0 Å². The van der Waals surface area contributed by atoms with Crippen LogP contribution in [0.4, 0.5) is 0 Å². The molecule has 0 aliphatic rings. The number of nitrogens with one attached hydrogen (secondary N) is 2. The van der Waals surface area contributed by atoms with Crippen LogP contribution in [0, 0.1) is 0 Å². The van der Waals surface area contributed by atoms with Gasteiger partial charge in [-0.3, -0.25) is 14.2 Å². The molecule has 0 aliphatic carbocycles. The number of aromatic amines is 1. The molecule has 0 unspecified atom stereocenters. The second-order valence-corrected chi connectivity index (χ2v) is 6.52. The number of nitrogens with zero attached hydrogens (tertiary/aromatic N) is 2. The third kappa shape index (κ3) is 3.32. The molecule has 9 heteroatoms. The third-order valence-corrected chi connectivity index (χ3v) is 4.68. The smallest absolute Gasteiger partial charge is 0.272 e. The van der Waals surface area contributed by atoms with E-state index in [0.717, 1.165) is 0 Å². The number of benzene rings is 2. The number of ether oxygens (including phenoxy) is 1. The Balaban J connectivity index is 1.89. The van der Waals surface area contributed by atoms with E-state index >= 15 is 0 Å². The average Bonchev–Trinajstić information content (AvgIpc) is 3.27. The van der Waals surface area contributed by atoms with Crippen molar-refractivity contribution < 1.29 is 19.7 Å². The predicted octanol–water partition coefficient (Wildman–Crippen LogP) is 2.06. The highest BCUT2D eigenvalue weighted by Gasteiger charge is 2.23. The number of phenolic OH excluding ortho intramolecular Hbond substituents is 1. The number of amides is 1. The Bertz CT molecular complexity index is 1280. The minimum Gasteiger partial charge on any atom is -0.508 e. The van der Waals surface area contributed by atoms with E-state index in [1.54, 1.807) is 24.3 Å². The van der Waals surface area contributed by atoms with Crippen LogP contribution in [0.1, 0.15) is 16.1 Å². The van der Waals surface area contributed by atoms with Gasteiger partial charge in [0.25, 0.3) is 11.5 Å². The van der Waals surface area contributed by atoms with Crippen molar-refractivity contribution in [2.75, 3.05) is 7.11 Å². The summed E-state index contributed by atoms with van der Waals surface area (Å²) in [5.41, 5.74) is 0.322. The summed E-state index contributed by atoms with van der Waals surface area (Å²) >= 11 is 0. The first kappa shape index (κ1) is 19.1. The van der Waals surface area contributed by atoms with Gasteiger partial charge in [-0.2, -0.15) is 0 Å². The first-order valence-electron chi connectivity index (χ1n) is 9.00. The lowest BCUT2D eigenvalue weighted by Gasteiger charge is -2.15. The van der Waals surface area contributed by atoms with Gasteiger partial charge < -0.3 is 25.3 Å². The molecule has 0 saturated carbocycles. The molecular formula is C21H18N4O5. The first-order valence-corrected chi connectivity index (χ1v) is 9.00. The number of hydrogen-bond acceptors (Lipinski definition) is 6. The molecule has 0 spiro atoms. The molecule has 1 amide bonds. The molecule has 0 bridgehead atoms. The topological polar surface area (TPSA) is 129 Å². The van der Waals surface area contributed by atoms with Crippen LogP contribution in [0.15, 0.2) is 59.8 Å². The van der Waals surface area contributed by atoms with Gasteiger partial charge in [0.15, 0.2) is 0 Å². The van der Waals surface area contributed by atoms with Crippen molar-refractivity contribution in [2.24, 2.45) is 0 Å². The van der Waals surface area contributed by atoms with Crippen molar-refractivity contribution in [1.29, 1.82) is 0 Å². The number of pyridine rings is 1. The molecule has 4 N–H and O–H groups in total. The lowest BCUT2D eigenvalue weighted by atomic mass is 10.1. The van der Waals surface area contributed by atoms with E-state index in [-0.39, 0.29) is 17.7 Å². The van der Waals surface area contributed by atoms with Crippen LogP contribution in [-0.2, 0) is 6.54 Å². The number of imidazole rings is 1. The summed E-state index contributed by atoms with van der Waals surface area (Å²) in [5.74, 6) is -0.760. The fourth-order valence-electron chi connectivity index (χ4n) is 3.20. The molecule has 30 heavy (non-hydrogen) atoms. The van der Waals surface area contributed by atoms with E-state index < -0.39 is 22.8 Å². The Morgan fingerprint density at radius 1 is 1.20 bits per heavy atom. The number of fused-ring (bicyclic) bond motifs is 1. The van der Waals surface area contributed by atoms with Gasteiger partial charge in [-0.15, -0.1) is 0 Å². The molecule has 2 aromatic heterocycles. The summed E-state index contributed by atoms with van der Waals surface area (Å²) in [4.78, 5) is 32.8. The maximum atomic E-state index is 13.3. The summed E-state index contributed by atoms with van der Waals surface area (Å²) in [6.07, 6.45) is 3.00. The second kappa shape index (κ2) is 7.63. The number of aromatic hydroxyl groups is 2. The maximum Gasteiger partial charge on any atom is 0.272 e. The highest BCUT2D eigenvalue weighted by molar-refractivity contribution is 6.03. The fourth-order valence-corrected chi connectivity index (χ4v) is 3.20. The lowest BCUT2D eigenvalue weighted by molar-refractivity contribution is 0.0946. The first-order chi connectivity index (χ1) is 14.5. The zero-order valence-electron chi connectivity index (χ0n) is 15.9. The zero-order valence-corrected chi connectivity index (χ0v) is 15.9. The van der Waals surface area contributed by atoms with Gasteiger partial charge >= 0.3 is 0 Å². The van der Waals surface area contributed by atoms with Crippen LogP contribution in [0.3, 0.4) is 0 Å². The normalized spacial score (nSPS) is 10.8. The molecule has 4 aromatic rings. The molecular weight excluding hydrogens is 388 g/mol. The Morgan fingerprint density at radius 2 is 1.97 bits per heavy atom. The van der Waals surface area contributed by atoms with E-state index in [1.807, 2.05) is 0 Å². The monoisotopic (exact) mass is 406 g/mol. The van der Waals surface area contributed by atoms with Crippen molar-refractivity contribution in [3.05, 3.63) is 76.6 Å². The fraction of sp³-hybridized carbons (Fsp3) is 0.0952. The number of methoxy groups -OCH3 is 1. The minimum atomic E-state index is -0.750. The zero-order chi connectivity index (χ0) is 21.3. The van der Waals surface area contributed by atoms with Crippen molar-refractivity contribution in [3.63, 3.8) is 0 Å². The van der Waals surface area contributed by atoms with Crippen molar-refractivity contribution in [2.45, 2.75) is 6.54 Å². The molecule has 0 atom stereocenters. The van der Waals surface area contributed by atoms with E-state index in [0.29, 0.717) is 22.6 Å². The summed E-state index contributed by atoms with van der Waals surface area (Å²) in [7, 11) is 1.53. The quantitative estimate of drug-likeness (QED) is 0.401. The maximum absolute atomic E-state index is 13.3. The SMILES string of the molecule is COc1ccc(-n2c(=O)c(C(=O)NCc3cnc[nH]3)c(O)c3cc(O)ccc32)cc1. The van der Waals surface area contributed by atoms with E-state index in [9.17, 15) is 19.8 Å². The summed E-state index contributed by atoms with van der Waals surface area (Å²) in [6, 6.07) is 10.9. The standard InChI is InChI=1S/C21H18N4O5/c1-30-15-5-2-13(3-6-15)25-17-7-4-14(26)8-16(17)19(27)18(21(25)29)20(28)23-10-12-9-22-11-24-12/h2-9,11,26-27H,10H2,1H3,(H,22,24)(H,23,28). The molecule has 0 fully saturated rings. The van der Waals surface area contributed by atoms with Gasteiger partial charge in [-0.25, -0.2) is 4.98 Å². The van der Waals surface area contributed by atoms with Crippen LogP contribution >= 0.6 is 0 Å². The molecule has 0 saturated heterocycles. The summed E-state index contributed by atoms with van der Waals surface area (Å²) in [6.45, 7) is 0.0956. The third-order valence-electron chi connectivity index (χ3n) is 4.68. The van der Waals surface area contributed by atoms with Crippen molar-refractivity contribution in [3.8, 4) is 22.9 Å². The lowest BCUT2D eigenvalue weighted by Crippen LogP contribution is -2.32. The minimum absolute atomic E-state index is 0.0956. The van der Waals surface area contributed by atoms with E-state index in [4.69, 9.17) is 4.74 Å². The van der Waals surface area contributed by atoms with E-state index in [2.05, 4.69) is 15.3 Å². The second-order valence-electron chi connectivity index (χ2n) is 6.52. The number of aromatic nitrogens is 3. The molecule has 2 heterocycles. The largest absolute Gasteiger partial charge is 0.508 e. The van der Waals surface area contributed by atoms with Crippen LogP contribution in [-0.4, -0.2) is 37.8 Å². The number of H-pyrrole nitrogens is 1. The summed E-state index contributed by atoms with van der Waals surface area (Å²) < 4.78 is 6.46. The van der Waals surface area contributed by atoms with Gasteiger partial charge in [-0.05, 0) is 42.5 Å². The van der Waals surface area contributed by atoms with Crippen molar-refractivity contribution in [1.82, 2.24) is 19.9 Å². The number of hydrogen-bond donors (Lipinski definition) is 4. The number of rotatable bonds is 5. The molecule has 2 aromatic carbocycles. The molecule has 0 aliphatic heterocycles. The molecule has 4 rings (SSSR count). The number of phenols is 1. The van der Waals surface area contributed by atoms with Crippen LogP contribution in [0.5, 0.6) is 17.2 Å². The van der Waals surface area contributed by atoms with Crippen LogP contribution < -0.4 is 15.6 Å². The van der Waals surface area contributed by atoms with Crippen molar-refractivity contribution >= 4 is 16.8 Å². The molecule has 0 radical (unpaired) electrons. The van der Waals surface area contributed by atoms with Gasteiger partial charge in [0.1, 0.15) is 22.8 Å². The Labute approximate surface area is 170 Å². The number of carbonyl (C=O) groups excluding carboxylic acids is 1. The molecule has 152 valence electrons. The highest BCUT2D eigenvalue weighted by Crippen LogP contribution is 2.31. The average molecular weight is 406 g/mol. The summed E-state index contributed by atoms with van der Waals surface area (Å²) in [5, 5.41) is 23.4. The van der Waals surface area contributed by atoms with Crippen LogP contribution in [0.2, 0.25) is 0 Å². The highest BCUT2D eigenvalue weighted by atomic mass is 16.5. The molecule has 9 nitrogen and oxygen atoms in total. The van der Waals surface area contributed by atoms with Gasteiger partial charge in [0, 0.05) is 17.3 Å². The Morgan fingerprint density at radius 3 is 2.63 bits per heavy atom. The Hall–Kier alpha value is -4.27. The van der Waals surface area contributed by atoms with Gasteiger partial charge in [0.05, 0.1) is 31.2 Å². The predicted molar refractivity (Wildman–Crippen MR) is 109 cm³/mol.